The van der Waals surface area contributed by atoms with Crippen LogP contribution in [0, 0.1) is 0 Å². The third kappa shape index (κ3) is 5.40. The van der Waals surface area contributed by atoms with E-state index >= 15 is 0 Å². The highest BCUT2D eigenvalue weighted by Crippen LogP contribution is 2.33. The van der Waals surface area contributed by atoms with Crippen LogP contribution >= 0.6 is 31.9 Å². The number of sulfonamides is 1. The Hall–Kier alpha value is -1.68. The summed E-state index contributed by atoms with van der Waals surface area (Å²) in [7, 11) is -2.22. The van der Waals surface area contributed by atoms with Crippen molar-refractivity contribution in [3.05, 3.63) is 57.0 Å². The molecule has 3 N–H and O–H groups in total. The highest BCUT2D eigenvalue weighted by molar-refractivity contribution is 9.11. The number of halogens is 2. The number of ether oxygens (including phenoxy) is 1. The zero-order chi connectivity index (χ0) is 18.6. The quantitative estimate of drug-likeness (QED) is 0.627. The Bertz CT molecular complexity index is 926. The molecule has 1 amide bonds. The van der Waals surface area contributed by atoms with Gasteiger partial charge < -0.3 is 10.1 Å². The summed E-state index contributed by atoms with van der Waals surface area (Å²) in [5, 5.41) is 7.66. The minimum absolute atomic E-state index is 0.0234. The first-order valence-corrected chi connectivity index (χ1v) is 9.99. The van der Waals surface area contributed by atoms with Gasteiger partial charge in [-0.05, 0) is 58.4 Å². The molecule has 0 bridgehead atoms. The molecule has 2 aromatic rings. The van der Waals surface area contributed by atoms with E-state index in [4.69, 9.17) is 9.88 Å². The lowest BCUT2D eigenvalue weighted by Crippen LogP contribution is -2.12. The number of carbonyl (C=O) groups excluding carboxylic acids is 1. The Balaban J connectivity index is 2.14. The first kappa shape index (κ1) is 19.6. The highest BCUT2D eigenvalue weighted by Gasteiger charge is 2.09. The van der Waals surface area contributed by atoms with Crippen LogP contribution in [-0.2, 0) is 14.8 Å². The molecule has 0 aliphatic carbocycles. The number of hydrogen-bond donors (Lipinski definition) is 2. The molecular formula is C16H14Br2N2O4S. The van der Waals surface area contributed by atoms with E-state index < -0.39 is 10.0 Å². The first-order chi connectivity index (χ1) is 11.7. The SMILES string of the molecule is COc1c(Br)cc(Br)cc1/C=C/C(=O)Nc1ccc(S(N)(=O)=O)cc1. The monoisotopic (exact) mass is 488 g/mol. The number of benzene rings is 2. The van der Waals surface area contributed by atoms with Crippen molar-refractivity contribution in [2.75, 3.05) is 12.4 Å². The zero-order valence-corrected chi connectivity index (χ0v) is 17.0. The van der Waals surface area contributed by atoms with Gasteiger partial charge in [-0.2, -0.15) is 0 Å². The van der Waals surface area contributed by atoms with Gasteiger partial charge in [-0.15, -0.1) is 0 Å². The average Bonchev–Trinajstić information content (AvgIpc) is 2.52. The van der Waals surface area contributed by atoms with Crippen LogP contribution in [0.5, 0.6) is 5.75 Å². The molecule has 0 aliphatic heterocycles. The van der Waals surface area contributed by atoms with E-state index in [9.17, 15) is 13.2 Å². The maximum Gasteiger partial charge on any atom is 0.248 e. The second kappa shape index (κ2) is 8.13. The van der Waals surface area contributed by atoms with E-state index in [1.54, 1.807) is 13.2 Å². The molecule has 6 nitrogen and oxygen atoms in total. The highest BCUT2D eigenvalue weighted by atomic mass is 79.9. The van der Waals surface area contributed by atoms with Crippen molar-refractivity contribution in [2.24, 2.45) is 5.14 Å². The van der Waals surface area contributed by atoms with Gasteiger partial charge >= 0.3 is 0 Å². The molecule has 2 rings (SSSR count). The van der Waals surface area contributed by atoms with Crippen LogP contribution in [0.15, 0.2) is 56.3 Å². The molecule has 0 saturated carbocycles. The fourth-order valence-corrected chi connectivity index (χ4v) is 3.93. The maximum atomic E-state index is 12.0. The van der Waals surface area contributed by atoms with Crippen molar-refractivity contribution in [2.45, 2.75) is 4.90 Å². The van der Waals surface area contributed by atoms with Crippen molar-refractivity contribution in [1.29, 1.82) is 0 Å². The van der Waals surface area contributed by atoms with Crippen LogP contribution in [0.2, 0.25) is 0 Å². The van der Waals surface area contributed by atoms with Crippen LogP contribution in [0.3, 0.4) is 0 Å². The Morgan fingerprint density at radius 1 is 1.20 bits per heavy atom. The summed E-state index contributed by atoms with van der Waals surface area (Å²) in [6.45, 7) is 0. The van der Waals surface area contributed by atoms with Crippen LogP contribution < -0.4 is 15.2 Å². The van der Waals surface area contributed by atoms with Crippen molar-refractivity contribution in [3.63, 3.8) is 0 Å². The summed E-state index contributed by atoms with van der Waals surface area (Å²) in [5.41, 5.74) is 1.16. The second-order valence-corrected chi connectivity index (χ2v) is 8.23. The molecule has 0 unspecified atom stereocenters. The normalized spacial score (nSPS) is 11.5. The number of hydrogen-bond acceptors (Lipinski definition) is 4. The first-order valence-electron chi connectivity index (χ1n) is 6.85. The Morgan fingerprint density at radius 2 is 1.84 bits per heavy atom. The summed E-state index contributed by atoms with van der Waals surface area (Å²) in [4.78, 5) is 12.0. The van der Waals surface area contributed by atoms with E-state index in [-0.39, 0.29) is 10.8 Å². The van der Waals surface area contributed by atoms with E-state index in [2.05, 4.69) is 37.2 Å². The minimum atomic E-state index is -3.76. The smallest absolute Gasteiger partial charge is 0.248 e. The van der Waals surface area contributed by atoms with E-state index in [1.165, 1.54) is 30.3 Å². The molecular weight excluding hydrogens is 476 g/mol. The number of carbonyl (C=O) groups is 1. The molecule has 0 radical (unpaired) electrons. The second-order valence-electron chi connectivity index (χ2n) is 4.90. The number of anilines is 1. The molecule has 25 heavy (non-hydrogen) atoms. The molecule has 0 aliphatic rings. The molecule has 132 valence electrons. The Labute approximate surface area is 162 Å². The molecule has 0 aromatic heterocycles. The number of methoxy groups -OCH3 is 1. The summed E-state index contributed by atoms with van der Waals surface area (Å²) in [5.74, 6) is 0.228. The van der Waals surface area contributed by atoms with Gasteiger partial charge in [0, 0.05) is 21.8 Å². The predicted molar refractivity (Wildman–Crippen MR) is 104 cm³/mol. The molecule has 0 fully saturated rings. The number of primary sulfonamides is 1. The third-order valence-corrected chi connectivity index (χ3v) is 5.08. The number of rotatable bonds is 5. The Morgan fingerprint density at radius 3 is 2.40 bits per heavy atom. The summed E-state index contributed by atoms with van der Waals surface area (Å²) >= 11 is 6.77. The molecule has 0 saturated heterocycles. The standard InChI is InChI=1S/C16H14Br2N2O4S/c1-24-16-10(8-11(17)9-14(16)18)2-7-15(21)20-12-3-5-13(6-4-12)25(19,22)23/h2-9H,1H3,(H,20,21)(H2,19,22,23)/b7-2+. The lowest BCUT2D eigenvalue weighted by molar-refractivity contribution is -0.111. The Kier molecular flexibility index (Phi) is 6.39. The molecule has 0 spiro atoms. The minimum Gasteiger partial charge on any atom is -0.495 e. The number of amides is 1. The molecule has 0 heterocycles. The molecule has 0 atom stereocenters. The van der Waals surface area contributed by atoms with Crippen LogP contribution in [0.25, 0.3) is 6.08 Å². The van der Waals surface area contributed by atoms with Crippen LogP contribution in [0.1, 0.15) is 5.56 Å². The molecule has 9 heteroatoms. The van der Waals surface area contributed by atoms with Gasteiger partial charge in [0.25, 0.3) is 0 Å². The van der Waals surface area contributed by atoms with Gasteiger partial charge in [-0.25, -0.2) is 13.6 Å². The number of nitrogens with two attached hydrogens (primary N) is 1. The van der Waals surface area contributed by atoms with E-state index in [1.807, 2.05) is 12.1 Å². The van der Waals surface area contributed by atoms with Gasteiger partial charge in [0.05, 0.1) is 16.5 Å². The fraction of sp³-hybridized carbons (Fsp3) is 0.0625. The van der Waals surface area contributed by atoms with Crippen molar-refractivity contribution < 1.29 is 17.9 Å². The lowest BCUT2D eigenvalue weighted by Gasteiger charge is -2.08. The lowest BCUT2D eigenvalue weighted by atomic mass is 10.2. The van der Waals surface area contributed by atoms with Crippen LogP contribution in [-0.4, -0.2) is 21.4 Å². The van der Waals surface area contributed by atoms with Gasteiger partial charge in [0.15, 0.2) is 0 Å². The van der Waals surface area contributed by atoms with Gasteiger partial charge in [0.2, 0.25) is 15.9 Å². The summed E-state index contributed by atoms with van der Waals surface area (Å²) in [6.07, 6.45) is 2.96. The van der Waals surface area contributed by atoms with Gasteiger partial charge in [-0.1, -0.05) is 15.9 Å². The van der Waals surface area contributed by atoms with Crippen molar-refractivity contribution >= 4 is 59.6 Å². The topological polar surface area (TPSA) is 98.5 Å². The van der Waals surface area contributed by atoms with Gasteiger partial charge in [-0.3, -0.25) is 4.79 Å². The summed E-state index contributed by atoms with van der Waals surface area (Å²) < 4.78 is 29.3. The van der Waals surface area contributed by atoms with Crippen molar-refractivity contribution in [3.8, 4) is 5.75 Å². The summed E-state index contributed by atoms with van der Waals surface area (Å²) in [6, 6.07) is 9.22. The van der Waals surface area contributed by atoms with Crippen molar-refractivity contribution in [1.82, 2.24) is 0 Å². The zero-order valence-electron chi connectivity index (χ0n) is 13.0. The molecule has 2 aromatic carbocycles. The predicted octanol–water partition coefficient (Wildman–Crippen LogP) is 3.52. The maximum absolute atomic E-state index is 12.0. The van der Waals surface area contributed by atoms with Gasteiger partial charge in [0.1, 0.15) is 5.75 Å². The average molecular weight is 490 g/mol. The van der Waals surface area contributed by atoms with Crippen LogP contribution in [0.4, 0.5) is 5.69 Å². The number of nitrogens with one attached hydrogen (secondary N) is 1. The van der Waals surface area contributed by atoms with E-state index in [0.717, 1.165) is 8.95 Å². The third-order valence-electron chi connectivity index (χ3n) is 3.11. The van der Waals surface area contributed by atoms with E-state index in [0.29, 0.717) is 17.0 Å². The fourth-order valence-electron chi connectivity index (χ4n) is 2.00. The largest absolute Gasteiger partial charge is 0.495 e.